The van der Waals surface area contributed by atoms with Crippen molar-refractivity contribution in [3.63, 3.8) is 0 Å². The summed E-state index contributed by atoms with van der Waals surface area (Å²) in [6, 6.07) is 7.04. The number of rotatable bonds is 6. The van der Waals surface area contributed by atoms with E-state index in [0.29, 0.717) is 18.1 Å². The van der Waals surface area contributed by atoms with E-state index < -0.39 is 10.8 Å². The van der Waals surface area contributed by atoms with Gasteiger partial charge >= 0.3 is 0 Å². The molecule has 0 unspecified atom stereocenters. The maximum atomic E-state index is 11.7. The number of hydrogen-bond donors (Lipinski definition) is 2. The van der Waals surface area contributed by atoms with Crippen LogP contribution in [0.3, 0.4) is 0 Å². The zero-order chi connectivity index (χ0) is 15.0. The Balaban J connectivity index is 2.71. The van der Waals surface area contributed by atoms with Crippen LogP contribution in [0, 0.1) is 21.4 Å². The van der Waals surface area contributed by atoms with Crippen molar-refractivity contribution in [3.8, 4) is 6.07 Å². The molecule has 0 aliphatic heterocycles. The van der Waals surface area contributed by atoms with E-state index in [2.05, 4.69) is 10.6 Å². The zero-order valence-corrected chi connectivity index (χ0v) is 11.1. The second kappa shape index (κ2) is 7.76. The van der Waals surface area contributed by atoms with Gasteiger partial charge in [0.2, 0.25) is 0 Å². The number of carbonyl (C=O) groups excluding carboxylic acids is 1. The third-order valence-corrected chi connectivity index (χ3v) is 2.38. The predicted molar refractivity (Wildman–Crippen MR) is 74.1 cm³/mol. The summed E-state index contributed by atoms with van der Waals surface area (Å²) in [5, 5.41) is 24.5. The minimum atomic E-state index is -0.608. The van der Waals surface area contributed by atoms with E-state index in [4.69, 9.17) is 16.9 Å². The highest BCUT2D eigenvalue weighted by Gasteiger charge is 2.10. The molecule has 0 aromatic heterocycles. The average Bonchev–Trinajstić information content (AvgIpc) is 2.44. The first-order valence-electron chi connectivity index (χ1n) is 5.54. The molecule has 0 radical (unpaired) electrons. The van der Waals surface area contributed by atoms with Gasteiger partial charge in [0.25, 0.3) is 11.6 Å². The molecule has 0 saturated heterocycles. The number of nitriles is 1. The SMILES string of the molecule is N#C/C(=C/NCCCl)C(=O)Nc1ccc([N+](=O)[O-])cc1. The van der Waals surface area contributed by atoms with Crippen molar-refractivity contribution in [1.82, 2.24) is 5.32 Å². The van der Waals surface area contributed by atoms with E-state index in [1.165, 1.54) is 30.5 Å². The van der Waals surface area contributed by atoms with Crippen LogP contribution in [0.1, 0.15) is 0 Å². The molecule has 0 heterocycles. The van der Waals surface area contributed by atoms with Gasteiger partial charge in [-0.05, 0) is 12.1 Å². The standard InChI is InChI=1S/C12H11ClN4O3/c13-5-6-15-8-9(7-14)12(18)16-10-1-3-11(4-2-10)17(19)20/h1-4,8,15H,5-6H2,(H,16,18)/b9-8-. The number of nitro benzene ring substituents is 1. The predicted octanol–water partition coefficient (Wildman–Crippen LogP) is 1.77. The largest absolute Gasteiger partial charge is 0.388 e. The lowest BCUT2D eigenvalue weighted by atomic mass is 10.2. The molecule has 1 aromatic carbocycles. The number of halogens is 1. The summed E-state index contributed by atoms with van der Waals surface area (Å²) in [6.07, 6.45) is 1.27. The highest BCUT2D eigenvalue weighted by molar-refractivity contribution is 6.18. The molecule has 104 valence electrons. The van der Waals surface area contributed by atoms with Gasteiger partial charge in [-0.3, -0.25) is 14.9 Å². The highest BCUT2D eigenvalue weighted by Crippen LogP contribution is 2.15. The van der Waals surface area contributed by atoms with E-state index in [1.54, 1.807) is 6.07 Å². The first kappa shape index (κ1) is 15.5. The summed E-state index contributed by atoms with van der Waals surface area (Å²) in [4.78, 5) is 21.7. The first-order chi connectivity index (χ1) is 9.58. The van der Waals surface area contributed by atoms with Gasteiger partial charge in [-0.15, -0.1) is 11.6 Å². The normalized spacial score (nSPS) is 10.5. The Morgan fingerprint density at radius 1 is 1.45 bits per heavy atom. The summed E-state index contributed by atoms with van der Waals surface area (Å²) >= 11 is 5.45. The van der Waals surface area contributed by atoms with E-state index in [9.17, 15) is 14.9 Å². The van der Waals surface area contributed by atoms with E-state index in [1.807, 2.05) is 0 Å². The maximum Gasteiger partial charge on any atom is 0.269 e. The van der Waals surface area contributed by atoms with E-state index in [0.717, 1.165) is 0 Å². The molecule has 0 saturated carbocycles. The number of alkyl halides is 1. The number of hydrogen-bond acceptors (Lipinski definition) is 5. The summed E-state index contributed by atoms with van der Waals surface area (Å²) in [7, 11) is 0. The molecule has 0 aliphatic rings. The molecule has 20 heavy (non-hydrogen) atoms. The zero-order valence-electron chi connectivity index (χ0n) is 10.3. The molecule has 1 rings (SSSR count). The molecule has 0 fully saturated rings. The summed E-state index contributed by atoms with van der Waals surface area (Å²) in [5.41, 5.74) is 0.162. The molecule has 7 nitrogen and oxygen atoms in total. The van der Waals surface area contributed by atoms with Gasteiger partial charge in [-0.1, -0.05) is 0 Å². The second-order valence-corrected chi connectivity index (χ2v) is 3.95. The number of benzene rings is 1. The number of nitro groups is 1. The Hall–Kier alpha value is -2.59. The molecule has 2 N–H and O–H groups in total. The van der Waals surface area contributed by atoms with Crippen LogP contribution in [0.2, 0.25) is 0 Å². The second-order valence-electron chi connectivity index (χ2n) is 3.57. The molecular formula is C12H11ClN4O3. The van der Waals surface area contributed by atoms with Crippen LogP contribution in [-0.4, -0.2) is 23.3 Å². The summed E-state index contributed by atoms with van der Waals surface area (Å²) in [5.74, 6) is -0.262. The van der Waals surface area contributed by atoms with Gasteiger partial charge in [0.15, 0.2) is 0 Å². The van der Waals surface area contributed by atoms with Crippen molar-refractivity contribution < 1.29 is 9.72 Å². The smallest absolute Gasteiger partial charge is 0.269 e. The lowest BCUT2D eigenvalue weighted by molar-refractivity contribution is -0.384. The number of anilines is 1. The number of nitrogens with zero attached hydrogens (tertiary/aromatic N) is 2. The number of nitrogens with one attached hydrogen (secondary N) is 2. The van der Waals surface area contributed by atoms with Crippen LogP contribution in [0.25, 0.3) is 0 Å². The fraction of sp³-hybridized carbons (Fsp3) is 0.167. The molecular weight excluding hydrogens is 284 g/mol. The molecule has 1 aromatic rings. The molecule has 0 atom stereocenters. The van der Waals surface area contributed by atoms with Gasteiger partial charge in [0.05, 0.1) is 4.92 Å². The Kier molecular flexibility index (Phi) is 6.00. The summed E-state index contributed by atoms with van der Waals surface area (Å²) < 4.78 is 0. The Bertz CT molecular complexity index is 563. The minimum absolute atomic E-state index is 0.0807. The Morgan fingerprint density at radius 2 is 2.10 bits per heavy atom. The molecule has 0 aliphatic carbocycles. The van der Waals surface area contributed by atoms with Gasteiger partial charge < -0.3 is 10.6 Å². The lowest BCUT2D eigenvalue weighted by Crippen LogP contribution is -2.17. The monoisotopic (exact) mass is 294 g/mol. The van der Waals surface area contributed by atoms with Gasteiger partial charge in [0.1, 0.15) is 11.6 Å². The third kappa shape index (κ3) is 4.59. The van der Waals surface area contributed by atoms with Crippen LogP contribution in [-0.2, 0) is 4.79 Å². The van der Waals surface area contributed by atoms with Crippen molar-refractivity contribution in [1.29, 1.82) is 5.26 Å². The van der Waals surface area contributed by atoms with Crippen LogP contribution in [0.5, 0.6) is 0 Å². The van der Waals surface area contributed by atoms with Gasteiger partial charge in [0, 0.05) is 36.4 Å². The van der Waals surface area contributed by atoms with Crippen molar-refractivity contribution in [2.45, 2.75) is 0 Å². The fourth-order valence-corrected chi connectivity index (χ4v) is 1.35. The number of amides is 1. The molecule has 1 amide bonds. The van der Waals surface area contributed by atoms with E-state index >= 15 is 0 Å². The lowest BCUT2D eigenvalue weighted by Gasteiger charge is -2.04. The van der Waals surface area contributed by atoms with Crippen LogP contribution in [0.4, 0.5) is 11.4 Å². The Morgan fingerprint density at radius 3 is 2.60 bits per heavy atom. The number of non-ortho nitro benzene ring substituents is 1. The summed E-state index contributed by atoms with van der Waals surface area (Å²) in [6.45, 7) is 0.428. The average molecular weight is 295 g/mol. The molecule has 0 spiro atoms. The van der Waals surface area contributed by atoms with Crippen molar-refractivity contribution in [2.75, 3.05) is 17.7 Å². The van der Waals surface area contributed by atoms with Crippen LogP contribution < -0.4 is 10.6 Å². The number of carbonyl (C=O) groups is 1. The minimum Gasteiger partial charge on any atom is -0.388 e. The molecule has 0 bridgehead atoms. The fourth-order valence-electron chi connectivity index (χ4n) is 1.24. The Labute approximate surface area is 120 Å². The van der Waals surface area contributed by atoms with E-state index in [-0.39, 0.29) is 11.3 Å². The van der Waals surface area contributed by atoms with Gasteiger partial charge in [-0.2, -0.15) is 5.26 Å². The van der Waals surface area contributed by atoms with Crippen molar-refractivity contribution in [3.05, 3.63) is 46.2 Å². The van der Waals surface area contributed by atoms with Gasteiger partial charge in [-0.25, -0.2) is 0 Å². The topological polar surface area (TPSA) is 108 Å². The van der Waals surface area contributed by atoms with Crippen LogP contribution in [0.15, 0.2) is 36.0 Å². The van der Waals surface area contributed by atoms with Crippen LogP contribution >= 0.6 is 11.6 Å². The van der Waals surface area contributed by atoms with Crippen molar-refractivity contribution in [2.24, 2.45) is 0 Å². The maximum absolute atomic E-state index is 11.7. The molecule has 8 heteroatoms. The van der Waals surface area contributed by atoms with Crippen molar-refractivity contribution >= 4 is 28.9 Å². The quantitative estimate of drug-likeness (QED) is 0.208. The first-order valence-corrected chi connectivity index (χ1v) is 6.07. The third-order valence-electron chi connectivity index (χ3n) is 2.19. The highest BCUT2D eigenvalue weighted by atomic mass is 35.5.